The van der Waals surface area contributed by atoms with Gasteiger partial charge >= 0.3 is 0 Å². The molecule has 0 fully saturated rings. The summed E-state index contributed by atoms with van der Waals surface area (Å²) < 4.78 is 7.10. The molecule has 4 rings (SSSR count). The van der Waals surface area contributed by atoms with Crippen LogP contribution in [0.5, 0.6) is 5.75 Å². The molecule has 1 aliphatic heterocycles. The minimum Gasteiger partial charge on any atom is -0.493 e. The summed E-state index contributed by atoms with van der Waals surface area (Å²) in [5.41, 5.74) is 4.66. The highest BCUT2D eigenvalue weighted by Gasteiger charge is 2.15. The lowest BCUT2D eigenvalue weighted by molar-refractivity contribution is -0.124. The Kier molecular flexibility index (Phi) is 4.39. The summed E-state index contributed by atoms with van der Waals surface area (Å²) in [6, 6.07) is 14.2. The summed E-state index contributed by atoms with van der Waals surface area (Å²) in [6.07, 6.45) is 3.94. The maximum atomic E-state index is 12.2. The fraction of sp³-hybridized carbons (Fsp3) is 0.250. The molecule has 132 valence electrons. The summed E-state index contributed by atoms with van der Waals surface area (Å²) in [5.74, 6) is 0.910. The van der Waals surface area contributed by atoms with Crippen molar-refractivity contribution in [2.75, 3.05) is 6.61 Å². The molecule has 0 bridgehead atoms. The van der Waals surface area contributed by atoms with E-state index in [-0.39, 0.29) is 11.9 Å². The van der Waals surface area contributed by atoms with Crippen molar-refractivity contribution in [2.24, 2.45) is 0 Å². The van der Waals surface area contributed by atoms with Gasteiger partial charge in [-0.05, 0) is 41.3 Å². The summed E-state index contributed by atoms with van der Waals surface area (Å²) >= 11 is 0. The van der Waals surface area contributed by atoms with Gasteiger partial charge in [-0.15, -0.1) is 0 Å². The Bertz CT molecular complexity index is 904. The number of hydrogen-bond acceptors (Lipinski definition) is 4. The first-order valence-electron chi connectivity index (χ1n) is 8.67. The lowest BCUT2D eigenvalue weighted by Crippen LogP contribution is -2.30. The number of nitrogens with one attached hydrogen (secondary N) is 1. The largest absolute Gasteiger partial charge is 0.493 e. The second kappa shape index (κ2) is 7.00. The van der Waals surface area contributed by atoms with Crippen LogP contribution >= 0.6 is 0 Å². The SMILES string of the molecule is CC(C(=O)NCc1ccc(-c2ccc3c(c2)CCO3)cc1)n1cncn1. The van der Waals surface area contributed by atoms with Crippen molar-refractivity contribution in [2.45, 2.75) is 25.9 Å². The van der Waals surface area contributed by atoms with E-state index in [1.165, 1.54) is 22.1 Å². The van der Waals surface area contributed by atoms with Crippen molar-refractivity contribution in [1.29, 1.82) is 0 Å². The Morgan fingerprint density at radius 3 is 2.81 bits per heavy atom. The maximum absolute atomic E-state index is 12.2. The van der Waals surface area contributed by atoms with Gasteiger partial charge in [0.05, 0.1) is 6.61 Å². The molecule has 1 unspecified atom stereocenters. The van der Waals surface area contributed by atoms with E-state index < -0.39 is 0 Å². The van der Waals surface area contributed by atoms with Crippen LogP contribution in [0.15, 0.2) is 55.1 Å². The number of aromatic nitrogens is 3. The Hall–Kier alpha value is -3.15. The highest BCUT2D eigenvalue weighted by atomic mass is 16.5. The van der Waals surface area contributed by atoms with E-state index in [0.717, 1.165) is 29.9 Å². The van der Waals surface area contributed by atoms with Gasteiger partial charge in [0.2, 0.25) is 5.91 Å². The molecule has 6 heteroatoms. The molecule has 1 aromatic heterocycles. The Labute approximate surface area is 151 Å². The van der Waals surface area contributed by atoms with Gasteiger partial charge in [-0.25, -0.2) is 9.67 Å². The minimum atomic E-state index is -0.384. The Morgan fingerprint density at radius 2 is 2.04 bits per heavy atom. The van der Waals surface area contributed by atoms with Gasteiger partial charge in [0.1, 0.15) is 24.4 Å². The van der Waals surface area contributed by atoms with Crippen LogP contribution in [0.1, 0.15) is 24.1 Å². The maximum Gasteiger partial charge on any atom is 0.244 e. The minimum absolute atomic E-state index is 0.0850. The summed E-state index contributed by atoms with van der Waals surface area (Å²) in [5, 5.41) is 6.93. The Balaban J connectivity index is 1.39. The van der Waals surface area contributed by atoms with Gasteiger partial charge in [-0.3, -0.25) is 4.79 Å². The molecule has 1 aliphatic rings. The van der Waals surface area contributed by atoms with Crippen molar-refractivity contribution < 1.29 is 9.53 Å². The van der Waals surface area contributed by atoms with E-state index in [2.05, 4.69) is 39.7 Å². The number of carbonyl (C=O) groups excluding carboxylic acids is 1. The lowest BCUT2D eigenvalue weighted by Gasteiger charge is -2.12. The van der Waals surface area contributed by atoms with Crippen molar-refractivity contribution in [1.82, 2.24) is 20.1 Å². The van der Waals surface area contributed by atoms with Crippen molar-refractivity contribution in [3.05, 3.63) is 66.2 Å². The molecule has 3 aromatic rings. The third kappa shape index (κ3) is 3.31. The van der Waals surface area contributed by atoms with Gasteiger partial charge in [-0.1, -0.05) is 30.3 Å². The van der Waals surface area contributed by atoms with Crippen LogP contribution < -0.4 is 10.1 Å². The zero-order valence-corrected chi connectivity index (χ0v) is 14.6. The van der Waals surface area contributed by atoms with Crippen LogP contribution in [0.25, 0.3) is 11.1 Å². The van der Waals surface area contributed by atoms with Gasteiger partial charge in [-0.2, -0.15) is 5.10 Å². The number of hydrogen-bond donors (Lipinski definition) is 1. The molecular weight excluding hydrogens is 328 g/mol. The molecule has 1 N–H and O–H groups in total. The molecule has 0 radical (unpaired) electrons. The topological polar surface area (TPSA) is 69.0 Å². The van der Waals surface area contributed by atoms with E-state index in [4.69, 9.17) is 4.74 Å². The predicted molar refractivity (Wildman–Crippen MR) is 97.7 cm³/mol. The van der Waals surface area contributed by atoms with Gasteiger partial charge in [0.15, 0.2) is 0 Å². The van der Waals surface area contributed by atoms with E-state index >= 15 is 0 Å². The van der Waals surface area contributed by atoms with Crippen LogP contribution in [0, 0.1) is 0 Å². The first-order valence-corrected chi connectivity index (χ1v) is 8.67. The second-order valence-electron chi connectivity index (χ2n) is 6.39. The van der Waals surface area contributed by atoms with Crippen LogP contribution in [-0.4, -0.2) is 27.3 Å². The summed E-state index contributed by atoms with van der Waals surface area (Å²) in [6.45, 7) is 3.05. The van der Waals surface area contributed by atoms with E-state index in [1.807, 2.05) is 18.2 Å². The van der Waals surface area contributed by atoms with Crippen LogP contribution in [0.2, 0.25) is 0 Å². The molecule has 0 saturated heterocycles. The third-order valence-corrected chi connectivity index (χ3v) is 4.66. The molecular formula is C20H20N4O2. The van der Waals surface area contributed by atoms with Crippen LogP contribution in [-0.2, 0) is 17.8 Å². The predicted octanol–water partition coefficient (Wildman–Crippen LogP) is 2.76. The fourth-order valence-electron chi connectivity index (χ4n) is 3.06. The van der Waals surface area contributed by atoms with E-state index in [9.17, 15) is 4.79 Å². The molecule has 2 heterocycles. The molecule has 0 saturated carbocycles. The number of amides is 1. The standard InChI is InChI=1S/C20H20N4O2/c1-14(24-13-21-12-23-24)20(25)22-11-15-2-4-16(5-3-15)17-6-7-19-18(10-17)8-9-26-19/h2-7,10,12-14H,8-9,11H2,1H3,(H,22,25). The van der Waals surface area contributed by atoms with Crippen molar-refractivity contribution in [3.63, 3.8) is 0 Å². The molecule has 1 amide bonds. The number of fused-ring (bicyclic) bond motifs is 1. The van der Waals surface area contributed by atoms with E-state index in [1.54, 1.807) is 13.3 Å². The first-order chi connectivity index (χ1) is 12.7. The number of carbonyl (C=O) groups is 1. The molecule has 2 aromatic carbocycles. The van der Waals surface area contributed by atoms with Gasteiger partial charge in [0, 0.05) is 13.0 Å². The van der Waals surface area contributed by atoms with Gasteiger partial charge < -0.3 is 10.1 Å². The normalized spacial score (nSPS) is 13.7. The van der Waals surface area contributed by atoms with Gasteiger partial charge in [0.25, 0.3) is 0 Å². The summed E-state index contributed by atoms with van der Waals surface area (Å²) in [4.78, 5) is 16.1. The monoisotopic (exact) mass is 348 g/mol. The molecule has 6 nitrogen and oxygen atoms in total. The zero-order chi connectivity index (χ0) is 17.9. The molecule has 0 aliphatic carbocycles. The van der Waals surface area contributed by atoms with Crippen molar-refractivity contribution >= 4 is 5.91 Å². The molecule has 26 heavy (non-hydrogen) atoms. The van der Waals surface area contributed by atoms with Crippen molar-refractivity contribution in [3.8, 4) is 16.9 Å². The highest BCUT2D eigenvalue weighted by molar-refractivity contribution is 5.79. The lowest BCUT2D eigenvalue weighted by atomic mass is 10.0. The quantitative estimate of drug-likeness (QED) is 0.770. The highest BCUT2D eigenvalue weighted by Crippen LogP contribution is 2.30. The molecule has 0 spiro atoms. The molecule has 1 atom stereocenters. The average molecular weight is 348 g/mol. The van der Waals surface area contributed by atoms with Crippen LogP contribution in [0.4, 0.5) is 0 Å². The zero-order valence-electron chi connectivity index (χ0n) is 14.6. The van der Waals surface area contributed by atoms with E-state index in [0.29, 0.717) is 6.54 Å². The summed E-state index contributed by atoms with van der Waals surface area (Å²) in [7, 11) is 0. The average Bonchev–Trinajstić information content (AvgIpc) is 3.37. The smallest absolute Gasteiger partial charge is 0.244 e. The number of nitrogens with zero attached hydrogens (tertiary/aromatic N) is 3. The second-order valence-corrected chi connectivity index (χ2v) is 6.39. The Morgan fingerprint density at radius 1 is 1.23 bits per heavy atom. The number of ether oxygens (including phenoxy) is 1. The van der Waals surface area contributed by atoms with Crippen LogP contribution in [0.3, 0.4) is 0 Å². The fourth-order valence-corrected chi connectivity index (χ4v) is 3.06. The number of rotatable bonds is 5. The first kappa shape index (κ1) is 16.3. The third-order valence-electron chi connectivity index (χ3n) is 4.66. The number of benzene rings is 2.